The summed E-state index contributed by atoms with van der Waals surface area (Å²) in [6.07, 6.45) is 0.610. The first-order valence-corrected chi connectivity index (χ1v) is 10.5. The molecule has 0 saturated carbocycles. The Labute approximate surface area is 183 Å². The molecule has 6 nitrogen and oxygen atoms in total. The van der Waals surface area contributed by atoms with Gasteiger partial charge >= 0.3 is 0 Å². The fourth-order valence-electron chi connectivity index (χ4n) is 3.47. The fraction of sp³-hybridized carbons (Fsp3) is 0.304. The first kappa shape index (κ1) is 22.1. The van der Waals surface area contributed by atoms with Gasteiger partial charge in [0.15, 0.2) is 0 Å². The number of aliphatic hydroxyl groups excluding tert-OH is 1. The van der Waals surface area contributed by atoms with E-state index in [-0.39, 0.29) is 29.7 Å². The summed E-state index contributed by atoms with van der Waals surface area (Å²) in [6, 6.07) is 12.4. The van der Waals surface area contributed by atoms with Crippen LogP contribution in [0.3, 0.4) is 0 Å². The summed E-state index contributed by atoms with van der Waals surface area (Å²) in [7, 11) is 0. The summed E-state index contributed by atoms with van der Waals surface area (Å²) in [5.41, 5.74) is 1.000. The average molecular weight is 474 g/mol. The Balaban J connectivity index is 2.03. The second-order valence-corrected chi connectivity index (χ2v) is 8.28. The summed E-state index contributed by atoms with van der Waals surface area (Å²) in [4.78, 5) is 27.2. The van der Waals surface area contributed by atoms with E-state index in [4.69, 9.17) is 4.74 Å². The van der Waals surface area contributed by atoms with Crippen molar-refractivity contribution in [2.45, 2.75) is 32.4 Å². The fourth-order valence-corrected chi connectivity index (χ4v) is 3.73. The smallest absolute Gasteiger partial charge is 0.295 e. The van der Waals surface area contributed by atoms with Crippen molar-refractivity contribution >= 4 is 33.4 Å². The van der Waals surface area contributed by atoms with E-state index >= 15 is 0 Å². The molecule has 1 aliphatic heterocycles. The van der Waals surface area contributed by atoms with Crippen LogP contribution in [0.25, 0.3) is 5.76 Å². The second-order valence-electron chi connectivity index (χ2n) is 7.37. The Morgan fingerprint density at radius 1 is 1.17 bits per heavy atom. The molecule has 1 fully saturated rings. The molecular formula is C23H24BrNO5. The second kappa shape index (κ2) is 9.45. The number of ketones is 1. The lowest BCUT2D eigenvalue weighted by molar-refractivity contribution is -0.140. The molecule has 30 heavy (non-hydrogen) atoms. The Morgan fingerprint density at radius 2 is 1.87 bits per heavy atom. The van der Waals surface area contributed by atoms with Crippen molar-refractivity contribution in [2.75, 3.05) is 13.2 Å². The van der Waals surface area contributed by atoms with Crippen molar-refractivity contribution in [1.29, 1.82) is 0 Å². The quantitative estimate of drug-likeness (QED) is 0.269. The Bertz CT molecular complexity index is 968. The van der Waals surface area contributed by atoms with Crippen LogP contribution in [0.5, 0.6) is 5.75 Å². The number of hydrogen-bond donors (Lipinski definition) is 2. The number of phenols is 1. The van der Waals surface area contributed by atoms with E-state index in [2.05, 4.69) is 15.9 Å². The van der Waals surface area contributed by atoms with Gasteiger partial charge in [-0.15, -0.1) is 0 Å². The van der Waals surface area contributed by atoms with Crippen LogP contribution >= 0.6 is 15.9 Å². The van der Waals surface area contributed by atoms with Crippen molar-refractivity contribution in [2.24, 2.45) is 0 Å². The minimum atomic E-state index is -0.792. The van der Waals surface area contributed by atoms with Crippen molar-refractivity contribution in [3.63, 3.8) is 0 Å². The molecule has 2 aromatic carbocycles. The normalized spacial score (nSPS) is 18.4. The third-order valence-electron chi connectivity index (χ3n) is 4.84. The van der Waals surface area contributed by atoms with Gasteiger partial charge in [0.1, 0.15) is 11.5 Å². The van der Waals surface area contributed by atoms with Gasteiger partial charge in [-0.25, -0.2) is 0 Å². The molecule has 1 atom stereocenters. The summed E-state index contributed by atoms with van der Waals surface area (Å²) < 4.78 is 6.38. The Morgan fingerprint density at radius 3 is 2.50 bits per heavy atom. The molecule has 158 valence electrons. The zero-order chi connectivity index (χ0) is 21.8. The third-order valence-corrected chi connectivity index (χ3v) is 5.37. The van der Waals surface area contributed by atoms with E-state index in [1.54, 1.807) is 36.4 Å². The number of likely N-dealkylation sites (tertiary alicyclic amines) is 1. The number of Topliss-reactive ketones (excluding diaryl/α,β-unsaturated/α-hetero) is 1. The number of phenolic OH excluding ortho intramolecular Hbond substituents is 1. The molecule has 3 rings (SSSR count). The zero-order valence-electron chi connectivity index (χ0n) is 16.8. The largest absolute Gasteiger partial charge is 0.508 e. The molecule has 0 bridgehead atoms. The number of ether oxygens (including phenoxy) is 1. The van der Waals surface area contributed by atoms with Crippen molar-refractivity contribution in [3.05, 3.63) is 69.7 Å². The van der Waals surface area contributed by atoms with E-state index in [0.717, 1.165) is 4.47 Å². The minimum absolute atomic E-state index is 0.0118. The van der Waals surface area contributed by atoms with Crippen LogP contribution in [0.15, 0.2) is 58.6 Å². The van der Waals surface area contributed by atoms with E-state index < -0.39 is 17.7 Å². The maximum absolute atomic E-state index is 12.9. The Hall–Kier alpha value is -2.64. The lowest BCUT2D eigenvalue weighted by atomic mass is 9.95. The number of carbonyl (C=O) groups is 2. The first-order chi connectivity index (χ1) is 14.3. The highest BCUT2D eigenvalue weighted by atomic mass is 79.9. The maximum atomic E-state index is 12.9. The molecule has 1 aliphatic rings. The van der Waals surface area contributed by atoms with Gasteiger partial charge in [-0.05, 0) is 50.1 Å². The van der Waals surface area contributed by atoms with Gasteiger partial charge in [0, 0.05) is 23.2 Å². The molecule has 1 unspecified atom stereocenters. The maximum Gasteiger partial charge on any atom is 0.295 e. The van der Waals surface area contributed by atoms with Gasteiger partial charge in [-0.1, -0.05) is 40.2 Å². The van der Waals surface area contributed by atoms with Crippen LogP contribution in [-0.4, -0.2) is 46.1 Å². The van der Waals surface area contributed by atoms with Gasteiger partial charge in [0.05, 0.1) is 17.7 Å². The number of carbonyl (C=O) groups excluding carboxylic acids is 2. The molecule has 1 saturated heterocycles. The predicted molar refractivity (Wildman–Crippen MR) is 117 cm³/mol. The van der Waals surface area contributed by atoms with Crippen LogP contribution < -0.4 is 0 Å². The monoisotopic (exact) mass is 473 g/mol. The molecule has 0 aliphatic carbocycles. The van der Waals surface area contributed by atoms with Gasteiger partial charge in [-0.2, -0.15) is 0 Å². The number of nitrogens with zero attached hydrogens (tertiary/aromatic N) is 1. The molecule has 1 heterocycles. The highest BCUT2D eigenvalue weighted by molar-refractivity contribution is 9.10. The molecule has 0 aromatic heterocycles. The van der Waals surface area contributed by atoms with Gasteiger partial charge < -0.3 is 19.8 Å². The molecule has 7 heteroatoms. The van der Waals surface area contributed by atoms with E-state index in [9.17, 15) is 19.8 Å². The number of halogens is 1. The van der Waals surface area contributed by atoms with Crippen molar-refractivity contribution < 1.29 is 24.5 Å². The summed E-state index contributed by atoms with van der Waals surface area (Å²) in [6.45, 7) is 4.59. The lowest BCUT2D eigenvalue weighted by Gasteiger charge is -2.25. The Kier molecular flexibility index (Phi) is 6.95. The van der Waals surface area contributed by atoms with Crippen molar-refractivity contribution in [3.8, 4) is 5.75 Å². The van der Waals surface area contributed by atoms with E-state index in [1.807, 2.05) is 13.8 Å². The number of hydrogen-bond acceptors (Lipinski definition) is 5. The molecule has 2 aromatic rings. The lowest BCUT2D eigenvalue weighted by Crippen LogP contribution is -2.31. The van der Waals surface area contributed by atoms with E-state index in [0.29, 0.717) is 24.2 Å². The summed E-state index contributed by atoms with van der Waals surface area (Å²) in [5.74, 6) is -1.64. The third kappa shape index (κ3) is 4.74. The molecule has 2 N–H and O–H groups in total. The first-order valence-electron chi connectivity index (χ1n) is 9.74. The van der Waals surface area contributed by atoms with Gasteiger partial charge in [0.2, 0.25) is 0 Å². The van der Waals surface area contributed by atoms with Crippen LogP contribution in [0.2, 0.25) is 0 Å². The van der Waals surface area contributed by atoms with Crippen LogP contribution in [0, 0.1) is 0 Å². The number of aliphatic hydroxyl groups is 1. The number of amides is 1. The van der Waals surface area contributed by atoms with Crippen molar-refractivity contribution in [1.82, 2.24) is 4.90 Å². The van der Waals surface area contributed by atoms with Crippen LogP contribution in [0.1, 0.15) is 37.4 Å². The highest BCUT2D eigenvalue weighted by Gasteiger charge is 2.45. The number of benzene rings is 2. The van der Waals surface area contributed by atoms with Gasteiger partial charge in [-0.3, -0.25) is 9.59 Å². The summed E-state index contributed by atoms with van der Waals surface area (Å²) in [5, 5.41) is 20.9. The highest BCUT2D eigenvalue weighted by Crippen LogP contribution is 2.40. The summed E-state index contributed by atoms with van der Waals surface area (Å²) >= 11 is 3.34. The topological polar surface area (TPSA) is 87.1 Å². The van der Waals surface area contributed by atoms with E-state index in [1.165, 1.54) is 17.0 Å². The molecule has 0 spiro atoms. The van der Waals surface area contributed by atoms with Gasteiger partial charge in [0.25, 0.3) is 11.7 Å². The number of aromatic hydroxyl groups is 1. The molecular weight excluding hydrogens is 450 g/mol. The average Bonchev–Trinajstić information content (AvgIpc) is 2.96. The molecule has 0 radical (unpaired) electrons. The number of rotatable bonds is 7. The zero-order valence-corrected chi connectivity index (χ0v) is 18.4. The van der Waals surface area contributed by atoms with Crippen LogP contribution in [-0.2, 0) is 14.3 Å². The SMILES string of the molecule is CC(C)OCCCN1C(=O)C(=O)/C(=C(\O)c2ccc(Br)cc2)C1c1cccc(O)c1. The van der Waals surface area contributed by atoms with Crippen LogP contribution in [0.4, 0.5) is 0 Å². The predicted octanol–water partition coefficient (Wildman–Crippen LogP) is 4.39. The molecule has 1 amide bonds. The minimum Gasteiger partial charge on any atom is -0.508 e. The standard InChI is InChI=1S/C23H24BrNO5/c1-14(2)30-12-4-11-25-20(16-5-3-6-18(26)13-16)19(22(28)23(25)29)21(27)15-7-9-17(24)10-8-15/h3,5-10,13-14,20,26-27H,4,11-12H2,1-2H3/b21-19-.